The average Bonchev–Trinajstić information content (AvgIpc) is 2.86. The zero-order valence-corrected chi connectivity index (χ0v) is 20.8. The first-order valence-corrected chi connectivity index (χ1v) is 12.2. The highest BCUT2D eigenvalue weighted by Crippen LogP contribution is 2.29. The number of para-hydroxylation sites is 2. The highest BCUT2D eigenvalue weighted by atomic mass is 16.5. The molecule has 2 aromatic carbocycles. The van der Waals surface area contributed by atoms with Crippen LogP contribution >= 0.6 is 0 Å². The van der Waals surface area contributed by atoms with Crippen LogP contribution in [-0.2, 0) is 0 Å². The lowest BCUT2D eigenvalue weighted by atomic mass is 10.2. The van der Waals surface area contributed by atoms with Gasteiger partial charge in [0.25, 0.3) is 0 Å². The van der Waals surface area contributed by atoms with E-state index in [1.165, 1.54) is 0 Å². The molecule has 35 heavy (non-hydrogen) atoms. The summed E-state index contributed by atoms with van der Waals surface area (Å²) in [6, 6.07) is 10.8. The molecular weight excluding hydrogens is 446 g/mol. The molecule has 0 atom stereocenters. The highest BCUT2D eigenvalue weighted by Gasteiger charge is 2.06. The van der Waals surface area contributed by atoms with Crippen molar-refractivity contribution in [3.63, 3.8) is 0 Å². The molecule has 5 N–H and O–H groups in total. The molecule has 0 unspecified atom stereocenters. The predicted molar refractivity (Wildman–Crippen MR) is 142 cm³/mol. The van der Waals surface area contributed by atoms with Crippen molar-refractivity contribution >= 4 is 12.4 Å². The fourth-order valence-electron chi connectivity index (χ4n) is 3.17. The maximum absolute atomic E-state index is 10.1. The minimum atomic E-state index is 0.127. The first kappa shape index (κ1) is 28.1. The van der Waals surface area contributed by atoms with Gasteiger partial charge >= 0.3 is 0 Å². The number of aliphatic imine (C=N–C) groups is 2. The number of hydrogen-bond acceptors (Lipinski definition) is 9. The second kappa shape index (κ2) is 17.3. The van der Waals surface area contributed by atoms with Crippen LogP contribution in [0.4, 0.5) is 0 Å². The number of nitrogens with zero attached hydrogens (tertiary/aromatic N) is 2. The van der Waals surface area contributed by atoms with Crippen LogP contribution in [0.1, 0.15) is 25.0 Å². The molecule has 0 saturated heterocycles. The Kier molecular flexibility index (Phi) is 13.9. The van der Waals surface area contributed by atoms with Crippen LogP contribution < -0.4 is 25.4 Å². The number of benzene rings is 2. The van der Waals surface area contributed by atoms with Crippen molar-refractivity contribution in [3.8, 4) is 23.0 Å². The molecule has 0 amide bonds. The lowest BCUT2D eigenvalue weighted by Gasteiger charge is -2.08. The fourth-order valence-corrected chi connectivity index (χ4v) is 3.17. The van der Waals surface area contributed by atoms with Gasteiger partial charge < -0.3 is 35.6 Å². The van der Waals surface area contributed by atoms with E-state index in [-0.39, 0.29) is 11.5 Å². The molecule has 0 aliphatic heterocycles. The summed E-state index contributed by atoms with van der Waals surface area (Å²) in [6.07, 6.45) is 3.35. The number of phenolic OH excluding ortho intramolecular Hbond substituents is 2. The van der Waals surface area contributed by atoms with Crippen molar-refractivity contribution in [1.82, 2.24) is 16.0 Å². The molecule has 0 aliphatic carbocycles. The monoisotopic (exact) mass is 485 g/mol. The van der Waals surface area contributed by atoms with Gasteiger partial charge in [0.1, 0.15) is 0 Å². The molecule has 0 spiro atoms. The lowest BCUT2D eigenvalue weighted by molar-refractivity contribution is 0.318. The largest absolute Gasteiger partial charge is 0.504 e. The summed E-state index contributed by atoms with van der Waals surface area (Å²) in [5, 5.41) is 30.3. The van der Waals surface area contributed by atoms with Crippen LogP contribution in [0, 0.1) is 0 Å². The van der Waals surface area contributed by atoms with Crippen molar-refractivity contribution in [1.29, 1.82) is 0 Å². The summed E-state index contributed by atoms with van der Waals surface area (Å²) in [4.78, 5) is 8.72. The van der Waals surface area contributed by atoms with E-state index in [1.54, 1.807) is 24.6 Å². The smallest absolute Gasteiger partial charge is 0.166 e. The van der Waals surface area contributed by atoms with E-state index in [0.29, 0.717) is 48.9 Å². The third kappa shape index (κ3) is 10.8. The third-order valence-corrected chi connectivity index (χ3v) is 4.91. The topological polar surface area (TPSA) is 120 Å². The number of rotatable bonds is 18. The van der Waals surface area contributed by atoms with Gasteiger partial charge in [0, 0.05) is 62.8 Å². The fraction of sp³-hybridized carbons (Fsp3) is 0.462. The molecule has 9 heteroatoms. The molecule has 0 heterocycles. The van der Waals surface area contributed by atoms with Gasteiger partial charge in [0.2, 0.25) is 0 Å². The van der Waals surface area contributed by atoms with Gasteiger partial charge in [-0.3, -0.25) is 9.98 Å². The predicted octanol–water partition coefficient (Wildman–Crippen LogP) is 2.20. The number of hydrogen-bond donors (Lipinski definition) is 5. The summed E-state index contributed by atoms with van der Waals surface area (Å²) in [6.45, 7) is 11.0. The minimum absolute atomic E-state index is 0.127. The number of aromatic hydroxyl groups is 2. The molecular formula is C26H39N5O4. The summed E-state index contributed by atoms with van der Waals surface area (Å²) < 4.78 is 10.8. The lowest BCUT2D eigenvalue weighted by Crippen LogP contribution is -2.34. The molecule has 0 fully saturated rings. The Hall–Kier alpha value is -3.14. The van der Waals surface area contributed by atoms with E-state index >= 15 is 0 Å². The first-order chi connectivity index (χ1) is 17.2. The van der Waals surface area contributed by atoms with E-state index in [2.05, 4.69) is 25.9 Å². The zero-order chi connectivity index (χ0) is 25.1. The van der Waals surface area contributed by atoms with Crippen molar-refractivity contribution < 1.29 is 19.7 Å². The van der Waals surface area contributed by atoms with Gasteiger partial charge in [-0.05, 0) is 38.1 Å². The Labute approximate surface area is 208 Å². The van der Waals surface area contributed by atoms with Gasteiger partial charge in [0.05, 0.1) is 26.3 Å². The van der Waals surface area contributed by atoms with Crippen LogP contribution in [-0.4, -0.2) is 88.2 Å². The number of ether oxygens (including phenoxy) is 2. The van der Waals surface area contributed by atoms with Crippen LogP contribution in [0.15, 0.2) is 46.4 Å². The standard InChI is InChI=1S/C26H39N5O4/c1-3-34-23-9-5-7-21(25(23)32)19-30-17-15-28-13-11-27-12-14-29-16-18-31-20-22-8-6-10-24(26(22)33)35-4-2/h5-10,19-20,27-29,32-33H,3-4,11-18H2,1-2H3. The van der Waals surface area contributed by atoms with Gasteiger partial charge in [-0.2, -0.15) is 0 Å². The quantitative estimate of drug-likeness (QED) is 0.162. The number of nitrogens with one attached hydrogen (secondary N) is 3. The van der Waals surface area contributed by atoms with E-state index < -0.39 is 0 Å². The van der Waals surface area contributed by atoms with Crippen molar-refractivity contribution in [2.75, 3.05) is 65.6 Å². The maximum Gasteiger partial charge on any atom is 0.166 e. The molecule has 2 rings (SSSR count). The van der Waals surface area contributed by atoms with Gasteiger partial charge in [-0.25, -0.2) is 0 Å². The number of phenols is 2. The SMILES string of the molecule is CCOc1cccc(C=NCCNCCNCCNCCN=Cc2cccc(OCC)c2O)c1O. The van der Waals surface area contributed by atoms with E-state index in [1.807, 2.05) is 38.1 Å². The second-order valence-corrected chi connectivity index (χ2v) is 7.57. The molecule has 0 aliphatic rings. The van der Waals surface area contributed by atoms with Crippen LogP contribution in [0.3, 0.4) is 0 Å². The van der Waals surface area contributed by atoms with E-state index in [0.717, 1.165) is 39.3 Å². The maximum atomic E-state index is 10.1. The van der Waals surface area contributed by atoms with Crippen molar-refractivity contribution in [2.45, 2.75) is 13.8 Å². The minimum Gasteiger partial charge on any atom is -0.504 e. The Morgan fingerprint density at radius 2 is 1.06 bits per heavy atom. The molecule has 9 nitrogen and oxygen atoms in total. The summed E-state index contributed by atoms with van der Waals surface area (Å²) >= 11 is 0. The summed E-state index contributed by atoms with van der Waals surface area (Å²) in [5.41, 5.74) is 1.31. The van der Waals surface area contributed by atoms with Crippen LogP contribution in [0.25, 0.3) is 0 Å². The van der Waals surface area contributed by atoms with Gasteiger partial charge in [-0.1, -0.05) is 12.1 Å². The normalized spacial score (nSPS) is 11.5. The van der Waals surface area contributed by atoms with Gasteiger partial charge in [0.15, 0.2) is 23.0 Å². The molecule has 2 aromatic rings. The Morgan fingerprint density at radius 3 is 1.46 bits per heavy atom. The van der Waals surface area contributed by atoms with Crippen molar-refractivity contribution in [2.24, 2.45) is 9.98 Å². The molecule has 192 valence electrons. The Morgan fingerprint density at radius 1 is 0.657 bits per heavy atom. The molecule has 0 bridgehead atoms. The molecule has 0 radical (unpaired) electrons. The molecule has 0 aromatic heterocycles. The summed E-state index contributed by atoms with van der Waals surface area (Å²) in [5.74, 6) is 1.21. The Bertz CT molecular complexity index is 847. The zero-order valence-electron chi connectivity index (χ0n) is 20.8. The average molecular weight is 486 g/mol. The van der Waals surface area contributed by atoms with E-state index in [4.69, 9.17) is 9.47 Å². The summed E-state index contributed by atoms with van der Waals surface area (Å²) in [7, 11) is 0. The van der Waals surface area contributed by atoms with E-state index in [9.17, 15) is 10.2 Å². The molecule has 0 saturated carbocycles. The first-order valence-electron chi connectivity index (χ1n) is 12.2. The van der Waals surface area contributed by atoms with Crippen molar-refractivity contribution in [3.05, 3.63) is 47.5 Å². The Balaban J connectivity index is 1.46. The second-order valence-electron chi connectivity index (χ2n) is 7.57. The van der Waals surface area contributed by atoms with Crippen LogP contribution in [0.5, 0.6) is 23.0 Å². The third-order valence-electron chi connectivity index (χ3n) is 4.91. The van der Waals surface area contributed by atoms with Crippen LogP contribution in [0.2, 0.25) is 0 Å². The van der Waals surface area contributed by atoms with Gasteiger partial charge in [-0.15, -0.1) is 0 Å². The highest BCUT2D eigenvalue weighted by molar-refractivity contribution is 5.85.